The molecule has 20 heavy (non-hydrogen) atoms. The summed E-state index contributed by atoms with van der Waals surface area (Å²) in [5.41, 5.74) is 1.23. The fraction of sp³-hybridized carbons (Fsp3) is 0.462. The summed E-state index contributed by atoms with van der Waals surface area (Å²) in [4.78, 5) is 18.6. The van der Waals surface area contributed by atoms with Crippen LogP contribution in [0.2, 0.25) is 0 Å². The van der Waals surface area contributed by atoms with Crippen LogP contribution in [0.5, 0.6) is 0 Å². The van der Waals surface area contributed by atoms with E-state index in [1.54, 1.807) is 18.5 Å². The maximum absolute atomic E-state index is 12.2. The molecule has 1 amide bonds. The minimum absolute atomic E-state index is 0.0907. The number of aromatic nitrogens is 3. The molecular weight excluding hydrogens is 258 g/mol. The molecule has 1 fully saturated rings. The smallest absolute Gasteiger partial charge is 0.252 e. The van der Waals surface area contributed by atoms with E-state index in [9.17, 15) is 4.79 Å². The number of carbonyl (C=O) groups excluding carboxylic acids is 1. The van der Waals surface area contributed by atoms with E-state index >= 15 is 0 Å². The summed E-state index contributed by atoms with van der Waals surface area (Å²) >= 11 is 0. The number of pyridine rings is 1. The summed E-state index contributed by atoms with van der Waals surface area (Å²) in [6.07, 6.45) is 3.23. The highest BCUT2D eigenvalue weighted by Gasteiger charge is 2.13. The van der Waals surface area contributed by atoms with Gasteiger partial charge in [-0.3, -0.25) is 14.8 Å². The zero-order chi connectivity index (χ0) is 13.8. The van der Waals surface area contributed by atoms with Crippen molar-refractivity contribution in [1.82, 2.24) is 25.4 Å². The number of hydrogen-bond acceptors (Lipinski definition) is 5. The Hall–Kier alpha value is -1.99. The first-order chi connectivity index (χ1) is 9.84. The van der Waals surface area contributed by atoms with Crippen LogP contribution in [0.3, 0.4) is 0 Å². The zero-order valence-electron chi connectivity index (χ0n) is 11.1. The van der Waals surface area contributed by atoms with Gasteiger partial charge >= 0.3 is 0 Å². The molecule has 0 saturated carbocycles. The molecular formula is C13H17N5O2. The molecule has 2 N–H and O–H groups in total. The zero-order valence-corrected chi connectivity index (χ0v) is 11.1. The number of carbonyl (C=O) groups is 1. The van der Waals surface area contributed by atoms with E-state index in [1.165, 1.54) is 0 Å². The van der Waals surface area contributed by atoms with Gasteiger partial charge in [0.05, 0.1) is 30.4 Å². The SMILES string of the molecule is O=C(NCCN1CCOCC1)c1ccnc2[nH]ncc12. The number of aromatic amines is 1. The predicted molar refractivity (Wildman–Crippen MR) is 73.5 cm³/mol. The summed E-state index contributed by atoms with van der Waals surface area (Å²) < 4.78 is 5.29. The normalized spacial score (nSPS) is 16.4. The summed E-state index contributed by atoms with van der Waals surface area (Å²) in [6.45, 7) is 4.87. The molecule has 7 heteroatoms. The van der Waals surface area contributed by atoms with Gasteiger partial charge in [0, 0.05) is 32.4 Å². The highest BCUT2D eigenvalue weighted by molar-refractivity contribution is 6.05. The lowest BCUT2D eigenvalue weighted by Crippen LogP contribution is -2.41. The van der Waals surface area contributed by atoms with Crippen molar-refractivity contribution in [1.29, 1.82) is 0 Å². The third-order valence-corrected chi connectivity index (χ3v) is 3.42. The van der Waals surface area contributed by atoms with Crippen molar-refractivity contribution in [2.75, 3.05) is 39.4 Å². The van der Waals surface area contributed by atoms with Crippen molar-refractivity contribution in [3.63, 3.8) is 0 Å². The Bertz CT molecular complexity index is 591. The van der Waals surface area contributed by atoms with Gasteiger partial charge in [0.15, 0.2) is 5.65 Å². The van der Waals surface area contributed by atoms with Crippen molar-refractivity contribution in [2.24, 2.45) is 0 Å². The fourth-order valence-electron chi connectivity index (χ4n) is 2.30. The average Bonchev–Trinajstić information content (AvgIpc) is 2.96. The molecule has 2 aromatic heterocycles. The number of nitrogens with one attached hydrogen (secondary N) is 2. The van der Waals surface area contributed by atoms with E-state index in [-0.39, 0.29) is 5.91 Å². The standard InChI is InChI=1S/C13H17N5O2/c19-13(15-3-4-18-5-7-20-8-6-18)10-1-2-14-12-11(10)9-16-17-12/h1-2,9H,3-8H2,(H,15,19)(H,14,16,17). The first-order valence-corrected chi connectivity index (χ1v) is 6.71. The van der Waals surface area contributed by atoms with E-state index in [1.807, 2.05) is 0 Å². The largest absolute Gasteiger partial charge is 0.379 e. The van der Waals surface area contributed by atoms with Crippen LogP contribution in [-0.4, -0.2) is 65.4 Å². The molecule has 1 aliphatic heterocycles. The molecule has 0 aromatic carbocycles. The third kappa shape index (κ3) is 2.78. The minimum atomic E-state index is -0.0907. The van der Waals surface area contributed by atoms with Gasteiger partial charge in [-0.1, -0.05) is 0 Å². The molecule has 2 aromatic rings. The molecule has 0 aliphatic carbocycles. The molecule has 0 radical (unpaired) electrons. The van der Waals surface area contributed by atoms with Crippen LogP contribution in [0.15, 0.2) is 18.5 Å². The van der Waals surface area contributed by atoms with Crippen molar-refractivity contribution in [3.8, 4) is 0 Å². The topological polar surface area (TPSA) is 83.1 Å². The molecule has 3 heterocycles. The monoisotopic (exact) mass is 275 g/mol. The Labute approximate surface area is 116 Å². The minimum Gasteiger partial charge on any atom is -0.379 e. The predicted octanol–water partition coefficient (Wildman–Crippen LogP) is 0.0199. The Balaban J connectivity index is 1.57. The van der Waals surface area contributed by atoms with Crippen molar-refractivity contribution in [2.45, 2.75) is 0 Å². The Morgan fingerprint density at radius 3 is 3.15 bits per heavy atom. The van der Waals surface area contributed by atoms with Crippen LogP contribution in [0.25, 0.3) is 11.0 Å². The van der Waals surface area contributed by atoms with Gasteiger partial charge in [-0.15, -0.1) is 0 Å². The van der Waals surface area contributed by atoms with Crippen LogP contribution in [0.1, 0.15) is 10.4 Å². The lowest BCUT2D eigenvalue weighted by atomic mass is 10.2. The van der Waals surface area contributed by atoms with Gasteiger partial charge < -0.3 is 10.1 Å². The molecule has 3 rings (SSSR count). The number of H-pyrrole nitrogens is 1. The van der Waals surface area contributed by atoms with E-state index in [2.05, 4.69) is 25.4 Å². The summed E-state index contributed by atoms with van der Waals surface area (Å²) in [5.74, 6) is -0.0907. The van der Waals surface area contributed by atoms with Gasteiger partial charge in [-0.05, 0) is 6.07 Å². The van der Waals surface area contributed by atoms with E-state index in [0.29, 0.717) is 17.8 Å². The first-order valence-electron chi connectivity index (χ1n) is 6.71. The van der Waals surface area contributed by atoms with Gasteiger partial charge in [0.1, 0.15) is 0 Å². The number of fused-ring (bicyclic) bond motifs is 1. The number of ether oxygens (including phenoxy) is 1. The second kappa shape index (κ2) is 5.98. The number of hydrogen-bond donors (Lipinski definition) is 2. The fourth-order valence-corrected chi connectivity index (χ4v) is 2.30. The van der Waals surface area contributed by atoms with Crippen LogP contribution >= 0.6 is 0 Å². The lowest BCUT2D eigenvalue weighted by Gasteiger charge is -2.26. The number of rotatable bonds is 4. The molecule has 1 saturated heterocycles. The number of morpholine rings is 1. The first kappa shape index (κ1) is 13.0. The van der Waals surface area contributed by atoms with E-state index < -0.39 is 0 Å². The Morgan fingerprint density at radius 1 is 1.45 bits per heavy atom. The van der Waals surface area contributed by atoms with E-state index in [0.717, 1.165) is 38.2 Å². The van der Waals surface area contributed by atoms with Gasteiger partial charge in [-0.2, -0.15) is 5.10 Å². The Morgan fingerprint density at radius 2 is 2.30 bits per heavy atom. The van der Waals surface area contributed by atoms with Crippen LogP contribution in [0.4, 0.5) is 0 Å². The second-order valence-electron chi connectivity index (χ2n) is 4.70. The second-order valence-corrected chi connectivity index (χ2v) is 4.70. The van der Waals surface area contributed by atoms with Crippen LogP contribution in [0, 0.1) is 0 Å². The number of nitrogens with zero attached hydrogens (tertiary/aromatic N) is 3. The summed E-state index contributed by atoms with van der Waals surface area (Å²) in [6, 6.07) is 1.71. The summed E-state index contributed by atoms with van der Waals surface area (Å²) in [5, 5.41) is 10.4. The Kier molecular flexibility index (Phi) is 3.89. The third-order valence-electron chi connectivity index (χ3n) is 3.42. The molecule has 0 unspecified atom stereocenters. The van der Waals surface area contributed by atoms with Crippen molar-refractivity contribution >= 4 is 16.9 Å². The maximum Gasteiger partial charge on any atom is 0.252 e. The molecule has 0 spiro atoms. The van der Waals surface area contributed by atoms with Crippen molar-refractivity contribution < 1.29 is 9.53 Å². The van der Waals surface area contributed by atoms with Gasteiger partial charge in [0.2, 0.25) is 0 Å². The van der Waals surface area contributed by atoms with Crippen LogP contribution < -0.4 is 5.32 Å². The van der Waals surface area contributed by atoms with E-state index in [4.69, 9.17) is 4.74 Å². The maximum atomic E-state index is 12.2. The molecule has 0 bridgehead atoms. The highest BCUT2D eigenvalue weighted by Crippen LogP contribution is 2.13. The van der Waals surface area contributed by atoms with Gasteiger partial charge in [0.25, 0.3) is 5.91 Å². The van der Waals surface area contributed by atoms with Crippen LogP contribution in [-0.2, 0) is 4.74 Å². The summed E-state index contributed by atoms with van der Waals surface area (Å²) in [7, 11) is 0. The molecule has 1 aliphatic rings. The molecule has 106 valence electrons. The van der Waals surface area contributed by atoms with Gasteiger partial charge in [-0.25, -0.2) is 4.98 Å². The molecule has 7 nitrogen and oxygen atoms in total. The van der Waals surface area contributed by atoms with Crippen molar-refractivity contribution in [3.05, 3.63) is 24.0 Å². The average molecular weight is 275 g/mol. The molecule has 0 atom stereocenters. The number of amides is 1. The highest BCUT2D eigenvalue weighted by atomic mass is 16.5. The lowest BCUT2D eigenvalue weighted by molar-refractivity contribution is 0.0383. The quantitative estimate of drug-likeness (QED) is 0.822.